The molecule has 6 nitrogen and oxygen atoms in total. The van der Waals surface area contributed by atoms with E-state index in [-0.39, 0.29) is 5.91 Å². The van der Waals surface area contributed by atoms with Gasteiger partial charge in [-0.25, -0.2) is 4.68 Å². The highest BCUT2D eigenvalue weighted by molar-refractivity contribution is 5.92. The SMILES string of the molecule is NCCCC(=O)Nc1ccccc1-n1ccnn1. The molecule has 0 aliphatic heterocycles. The maximum atomic E-state index is 11.7. The molecule has 0 atom stereocenters. The third kappa shape index (κ3) is 2.92. The first-order chi connectivity index (χ1) is 8.81. The molecule has 0 saturated heterocycles. The van der Waals surface area contributed by atoms with E-state index in [1.807, 2.05) is 24.3 Å². The molecule has 18 heavy (non-hydrogen) atoms. The van der Waals surface area contributed by atoms with Crippen LogP contribution in [0.5, 0.6) is 0 Å². The van der Waals surface area contributed by atoms with Gasteiger partial charge < -0.3 is 11.1 Å². The van der Waals surface area contributed by atoms with Crippen LogP contribution in [0.25, 0.3) is 5.69 Å². The lowest BCUT2D eigenvalue weighted by Gasteiger charge is -2.10. The first kappa shape index (κ1) is 12.3. The number of hydrogen-bond donors (Lipinski definition) is 2. The fraction of sp³-hybridized carbons (Fsp3) is 0.250. The Bertz CT molecular complexity index is 509. The summed E-state index contributed by atoms with van der Waals surface area (Å²) in [4.78, 5) is 11.7. The molecule has 2 rings (SSSR count). The Morgan fingerprint density at radius 3 is 2.94 bits per heavy atom. The van der Waals surface area contributed by atoms with E-state index in [1.54, 1.807) is 17.1 Å². The van der Waals surface area contributed by atoms with E-state index in [4.69, 9.17) is 5.73 Å². The number of nitrogens with two attached hydrogens (primary N) is 1. The molecule has 94 valence electrons. The molecule has 0 spiro atoms. The number of para-hydroxylation sites is 2. The molecule has 3 N–H and O–H groups in total. The molecule has 0 radical (unpaired) electrons. The second-order valence-electron chi connectivity index (χ2n) is 3.81. The number of amides is 1. The summed E-state index contributed by atoms with van der Waals surface area (Å²) >= 11 is 0. The van der Waals surface area contributed by atoms with Crippen molar-refractivity contribution >= 4 is 11.6 Å². The summed E-state index contributed by atoms with van der Waals surface area (Å²) in [7, 11) is 0. The quantitative estimate of drug-likeness (QED) is 0.821. The fourth-order valence-electron chi connectivity index (χ4n) is 1.59. The topological polar surface area (TPSA) is 85.8 Å². The van der Waals surface area contributed by atoms with Crippen LogP contribution >= 0.6 is 0 Å². The van der Waals surface area contributed by atoms with Crippen LogP contribution in [0.3, 0.4) is 0 Å². The summed E-state index contributed by atoms with van der Waals surface area (Å²) in [6.07, 6.45) is 4.41. The highest BCUT2D eigenvalue weighted by atomic mass is 16.1. The Hall–Kier alpha value is -2.21. The van der Waals surface area contributed by atoms with E-state index in [9.17, 15) is 4.79 Å². The highest BCUT2D eigenvalue weighted by Gasteiger charge is 2.07. The molecule has 0 fully saturated rings. The van der Waals surface area contributed by atoms with Crippen LogP contribution in [0.1, 0.15) is 12.8 Å². The van der Waals surface area contributed by atoms with Crippen molar-refractivity contribution in [3.05, 3.63) is 36.7 Å². The lowest BCUT2D eigenvalue weighted by Crippen LogP contribution is -2.15. The monoisotopic (exact) mass is 245 g/mol. The average Bonchev–Trinajstić information content (AvgIpc) is 2.91. The number of carbonyl (C=O) groups is 1. The van der Waals surface area contributed by atoms with Crippen molar-refractivity contribution in [3.8, 4) is 5.69 Å². The first-order valence-corrected chi connectivity index (χ1v) is 5.77. The molecule has 1 heterocycles. The Morgan fingerprint density at radius 2 is 2.22 bits per heavy atom. The molecule has 0 saturated carbocycles. The number of aromatic nitrogens is 3. The van der Waals surface area contributed by atoms with Crippen LogP contribution in [-0.2, 0) is 4.79 Å². The maximum absolute atomic E-state index is 11.7. The smallest absolute Gasteiger partial charge is 0.224 e. The van der Waals surface area contributed by atoms with E-state index in [0.29, 0.717) is 25.1 Å². The van der Waals surface area contributed by atoms with Crippen LogP contribution < -0.4 is 11.1 Å². The summed E-state index contributed by atoms with van der Waals surface area (Å²) in [6.45, 7) is 0.512. The van der Waals surface area contributed by atoms with E-state index < -0.39 is 0 Å². The number of nitrogens with zero attached hydrogens (tertiary/aromatic N) is 3. The van der Waals surface area contributed by atoms with Crippen molar-refractivity contribution in [2.45, 2.75) is 12.8 Å². The van der Waals surface area contributed by atoms with Gasteiger partial charge in [0, 0.05) is 6.42 Å². The predicted octanol–water partition coefficient (Wildman–Crippen LogP) is 0.945. The molecule has 1 aromatic heterocycles. The highest BCUT2D eigenvalue weighted by Crippen LogP contribution is 2.18. The van der Waals surface area contributed by atoms with Crippen LogP contribution in [-0.4, -0.2) is 27.4 Å². The van der Waals surface area contributed by atoms with Crippen LogP contribution in [0, 0.1) is 0 Å². The second-order valence-corrected chi connectivity index (χ2v) is 3.81. The van der Waals surface area contributed by atoms with Crippen LogP contribution in [0.2, 0.25) is 0 Å². The molecule has 6 heteroatoms. The van der Waals surface area contributed by atoms with Gasteiger partial charge in [0.2, 0.25) is 5.91 Å². The summed E-state index contributed by atoms with van der Waals surface area (Å²) < 4.78 is 1.61. The maximum Gasteiger partial charge on any atom is 0.224 e. The van der Waals surface area contributed by atoms with Gasteiger partial charge in [0.05, 0.1) is 23.8 Å². The Morgan fingerprint density at radius 1 is 1.39 bits per heavy atom. The third-order valence-corrected chi connectivity index (χ3v) is 2.46. The molecule has 0 bridgehead atoms. The molecular weight excluding hydrogens is 230 g/mol. The van der Waals surface area contributed by atoms with Crippen molar-refractivity contribution in [3.63, 3.8) is 0 Å². The number of anilines is 1. The zero-order valence-corrected chi connectivity index (χ0v) is 9.91. The van der Waals surface area contributed by atoms with Crippen LogP contribution in [0.4, 0.5) is 5.69 Å². The van der Waals surface area contributed by atoms with Gasteiger partial charge in [-0.15, -0.1) is 5.10 Å². The van der Waals surface area contributed by atoms with E-state index in [2.05, 4.69) is 15.6 Å². The van der Waals surface area contributed by atoms with Gasteiger partial charge >= 0.3 is 0 Å². The molecule has 0 unspecified atom stereocenters. The van der Waals surface area contributed by atoms with Crippen molar-refractivity contribution in [2.75, 3.05) is 11.9 Å². The minimum absolute atomic E-state index is 0.0481. The number of rotatable bonds is 5. The minimum atomic E-state index is -0.0481. The standard InChI is InChI=1S/C12H15N5O/c13-7-3-6-12(18)15-10-4-1-2-5-11(10)17-9-8-14-16-17/h1-2,4-5,8-9H,3,6-7,13H2,(H,15,18). The Labute approximate surface area is 105 Å². The van der Waals surface area contributed by atoms with Crippen molar-refractivity contribution < 1.29 is 4.79 Å². The van der Waals surface area contributed by atoms with E-state index in [0.717, 1.165) is 5.69 Å². The summed E-state index contributed by atoms with van der Waals surface area (Å²) in [5.41, 5.74) is 6.88. The van der Waals surface area contributed by atoms with Gasteiger partial charge in [0.1, 0.15) is 0 Å². The number of nitrogens with one attached hydrogen (secondary N) is 1. The Kier molecular flexibility index (Phi) is 4.03. The lowest BCUT2D eigenvalue weighted by atomic mass is 10.2. The Balaban J connectivity index is 2.16. The molecule has 1 aromatic carbocycles. The summed E-state index contributed by atoms with van der Waals surface area (Å²) in [5.74, 6) is -0.0481. The largest absolute Gasteiger partial charge is 0.330 e. The molecule has 2 aromatic rings. The van der Waals surface area contributed by atoms with Gasteiger partial charge in [-0.2, -0.15) is 0 Å². The zero-order chi connectivity index (χ0) is 12.8. The normalized spacial score (nSPS) is 10.3. The minimum Gasteiger partial charge on any atom is -0.330 e. The third-order valence-electron chi connectivity index (χ3n) is 2.46. The van der Waals surface area contributed by atoms with Gasteiger partial charge in [0.25, 0.3) is 0 Å². The first-order valence-electron chi connectivity index (χ1n) is 5.77. The van der Waals surface area contributed by atoms with E-state index in [1.165, 1.54) is 0 Å². The van der Waals surface area contributed by atoms with Crippen molar-refractivity contribution in [2.24, 2.45) is 5.73 Å². The lowest BCUT2D eigenvalue weighted by molar-refractivity contribution is -0.116. The predicted molar refractivity (Wildman–Crippen MR) is 68.3 cm³/mol. The van der Waals surface area contributed by atoms with Crippen molar-refractivity contribution in [1.29, 1.82) is 0 Å². The van der Waals surface area contributed by atoms with Gasteiger partial charge in [-0.05, 0) is 25.1 Å². The molecule has 0 aliphatic rings. The van der Waals surface area contributed by atoms with Gasteiger partial charge in [-0.1, -0.05) is 17.3 Å². The summed E-state index contributed by atoms with van der Waals surface area (Å²) in [6, 6.07) is 7.44. The molecule has 1 amide bonds. The van der Waals surface area contributed by atoms with Gasteiger partial charge in [-0.3, -0.25) is 4.79 Å². The van der Waals surface area contributed by atoms with Crippen LogP contribution in [0.15, 0.2) is 36.7 Å². The molecule has 0 aliphatic carbocycles. The fourth-order valence-corrected chi connectivity index (χ4v) is 1.59. The number of benzene rings is 1. The number of carbonyl (C=O) groups excluding carboxylic acids is 1. The van der Waals surface area contributed by atoms with Gasteiger partial charge in [0.15, 0.2) is 0 Å². The van der Waals surface area contributed by atoms with E-state index >= 15 is 0 Å². The molecular formula is C12H15N5O. The zero-order valence-electron chi connectivity index (χ0n) is 9.91. The summed E-state index contributed by atoms with van der Waals surface area (Å²) in [5, 5.41) is 10.5. The van der Waals surface area contributed by atoms with Crippen molar-refractivity contribution in [1.82, 2.24) is 15.0 Å². The second kappa shape index (κ2) is 5.92. The number of hydrogen-bond acceptors (Lipinski definition) is 4. The average molecular weight is 245 g/mol.